The predicted octanol–water partition coefficient (Wildman–Crippen LogP) is 3.88. The van der Waals surface area contributed by atoms with Gasteiger partial charge in [0.25, 0.3) is 0 Å². The van der Waals surface area contributed by atoms with Gasteiger partial charge < -0.3 is 10.5 Å². The minimum absolute atomic E-state index is 0.0315. The van der Waals surface area contributed by atoms with E-state index in [1.54, 1.807) is 0 Å². The third-order valence-electron chi connectivity index (χ3n) is 2.12. The van der Waals surface area contributed by atoms with Crippen LogP contribution in [0, 0.1) is 0 Å². The van der Waals surface area contributed by atoms with Crippen molar-refractivity contribution < 1.29 is 4.74 Å². The minimum Gasteiger partial charge on any atom is -0.488 e. The zero-order valence-corrected chi connectivity index (χ0v) is 10.8. The summed E-state index contributed by atoms with van der Waals surface area (Å²) in [5, 5.41) is 0.567. The van der Waals surface area contributed by atoms with Gasteiger partial charge >= 0.3 is 0 Å². The lowest BCUT2D eigenvalue weighted by molar-refractivity contribution is 0.352. The molecule has 0 aliphatic heterocycles. The van der Waals surface area contributed by atoms with Gasteiger partial charge in [-0.05, 0) is 37.1 Å². The first-order valence-corrected chi connectivity index (χ1v) is 5.79. The fourth-order valence-corrected chi connectivity index (χ4v) is 1.45. The molecular formula is C12H15Cl2NO. The average molecular weight is 260 g/mol. The molecule has 1 aromatic rings. The second-order valence-corrected chi connectivity index (χ2v) is 4.35. The van der Waals surface area contributed by atoms with Gasteiger partial charge in [0.05, 0.1) is 5.02 Å². The van der Waals surface area contributed by atoms with E-state index < -0.39 is 0 Å². The molecule has 0 fully saturated rings. The fraction of sp³-hybridized carbons (Fsp3) is 0.333. The normalized spacial score (nSPS) is 13.7. The number of nitrogens with two attached hydrogens (primary N) is 1. The van der Waals surface area contributed by atoms with Crippen LogP contribution in [0.15, 0.2) is 29.3 Å². The SMILES string of the molecule is C/C(=C\Cl)COc1ccc(C(C)N)cc1Cl. The molecule has 1 unspecified atom stereocenters. The minimum atomic E-state index is -0.0315. The molecule has 1 rings (SSSR count). The van der Waals surface area contributed by atoms with Crippen LogP contribution in [0.5, 0.6) is 5.75 Å². The highest BCUT2D eigenvalue weighted by atomic mass is 35.5. The summed E-state index contributed by atoms with van der Waals surface area (Å²) in [6, 6.07) is 5.52. The summed E-state index contributed by atoms with van der Waals surface area (Å²) in [5.41, 5.74) is 9.17. The van der Waals surface area contributed by atoms with Crippen LogP contribution < -0.4 is 10.5 Å². The Balaban J connectivity index is 2.75. The number of rotatable bonds is 4. The second kappa shape index (κ2) is 6.14. The quantitative estimate of drug-likeness (QED) is 0.891. The maximum Gasteiger partial charge on any atom is 0.138 e. The lowest BCUT2D eigenvalue weighted by Crippen LogP contribution is -2.05. The highest BCUT2D eigenvalue weighted by molar-refractivity contribution is 6.32. The molecule has 0 saturated carbocycles. The lowest BCUT2D eigenvalue weighted by atomic mass is 10.1. The van der Waals surface area contributed by atoms with E-state index in [1.165, 1.54) is 5.54 Å². The molecule has 0 saturated heterocycles. The van der Waals surface area contributed by atoms with Gasteiger partial charge in [0.15, 0.2) is 0 Å². The molecule has 0 aliphatic carbocycles. The molecular weight excluding hydrogens is 245 g/mol. The molecule has 0 heterocycles. The molecule has 16 heavy (non-hydrogen) atoms. The van der Waals surface area contributed by atoms with E-state index in [-0.39, 0.29) is 6.04 Å². The molecule has 2 nitrogen and oxygen atoms in total. The van der Waals surface area contributed by atoms with Crippen LogP contribution >= 0.6 is 23.2 Å². The maximum atomic E-state index is 6.07. The molecule has 1 aromatic carbocycles. The van der Waals surface area contributed by atoms with E-state index in [2.05, 4.69) is 0 Å². The number of benzene rings is 1. The molecule has 0 aliphatic rings. The van der Waals surface area contributed by atoms with Crippen molar-refractivity contribution in [2.24, 2.45) is 5.73 Å². The highest BCUT2D eigenvalue weighted by Gasteiger charge is 2.05. The van der Waals surface area contributed by atoms with E-state index in [0.717, 1.165) is 11.1 Å². The van der Waals surface area contributed by atoms with Crippen molar-refractivity contribution in [3.05, 3.63) is 39.9 Å². The van der Waals surface area contributed by atoms with Gasteiger partial charge in [0.2, 0.25) is 0 Å². The van der Waals surface area contributed by atoms with Crippen LogP contribution in [-0.4, -0.2) is 6.61 Å². The Morgan fingerprint density at radius 2 is 2.25 bits per heavy atom. The Hall–Kier alpha value is -0.700. The molecule has 88 valence electrons. The Labute approximate surface area is 106 Å². The first-order chi connectivity index (χ1) is 7.54. The van der Waals surface area contributed by atoms with Crippen LogP contribution in [0.3, 0.4) is 0 Å². The molecule has 0 radical (unpaired) electrons. The van der Waals surface area contributed by atoms with Gasteiger partial charge in [0, 0.05) is 11.6 Å². The van der Waals surface area contributed by atoms with Crippen molar-refractivity contribution in [3.63, 3.8) is 0 Å². The van der Waals surface area contributed by atoms with Crippen molar-refractivity contribution in [1.29, 1.82) is 0 Å². The first-order valence-electron chi connectivity index (χ1n) is 4.98. The van der Waals surface area contributed by atoms with E-state index in [0.29, 0.717) is 17.4 Å². The largest absolute Gasteiger partial charge is 0.488 e. The van der Waals surface area contributed by atoms with Gasteiger partial charge in [0.1, 0.15) is 12.4 Å². The molecule has 0 aromatic heterocycles. The molecule has 2 N–H and O–H groups in total. The molecule has 0 spiro atoms. The third-order valence-corrected chi connectivity index (χ3v) is 2.79. The molecule has 0 bridgehead atoms. The van der Waals surface area contributed by atoms with E-state index in [4.69, 9.17) is 33.7 Å². The van der Waals surface area contributed by atoms with Gasteiger partial charge in [-0.3, -0.25) is 0 Å². The third kappa shape index (κ3) is 3.71. The van der Waals surface area contributed by atoms with Crippen LogP contribution in [0.4, 0.5) is 0 Å². The topological polar surface area (TPSA) is 35.2 Å². The van der Waals surface area contributed by atoms with Crippen LogP contribution in [0.25, 0.3) is 0 Å². The summed E-state index contributed by atoms with van der Waals surface area (Å²) in [6.45, 7) is 4.23. The Bertz CT molecular complexity index is 389. The van der Waals surface area contributed by atoms with Crippen LogP contribution in [0.2, 0.25) is 5.02 Å². The number of hydrogen-bond acceptors (Lipinski definition) is 2. The highest BCUT2D eigenvalue weighted by Crippen LogP contribution is 2.27. The Morgan fingerprint density at radius 3 is 2.75 bits per heavy atom. The van der Waals surface area contributed by atoms with Gasteiger partial charge in [-0.15, -0.1) is 0 Å². The van der Waals surface area contributed by atoms with E-state index >= 15 is 0 Å². The van der Waals surface area contributed by atoms with Crippen molar-refractivity contribution in [2.75, 3.05) is 6.61 Å². The molecule has 1 atom stereocenters. The lowest BCUT2D eigenvalue weighted by Gasteiger charge is -2.11. The van der Waals surface area contributed by atoms with Crippen LogP contribution in [0.1, 0.15) is 25.5 Å². The van der Waals surface area contributed by atoms with Crippen molar-refractivity contribution >= 4 is 23.2 Å². The van der Waals surface area contributed by atoms with Gasteiger partial charge in [-0.2, -0.15) is 0 Å². The predicted molar refractivity (Wildman–Crippen MR) is 69.2 cm³/mol. The van der Waals surface area contributed by atoms with Crippen molar-refractivity contribution in [3.8, 4) is 5.75 Å². The zero-order chi connectivity index (χ0) is 12.1. The zero-order valence-electron chi connectivity index (χ0n) is 9.34. The maximum absolute atomic E-state index is 6.07. The summed E-state index contributed by atoms with van der Waals surface area (Å²) in [5.74, 6) is 0.643. The van der Waals surface area contributed by atoms with Crippen molar-refractivity contribution in [1.82, 2.24) is 0 Å². The van der Waals surface area contributed by atoms with Gasteiger partial charge in [-0.1, -0.05) is 29.3 Å². The monoisotopic (exact) mass is 259 g/mol. The number of ether oxygens (including phenoxy) is 1. The summed E-state index contributed by atoms with van der Waals surface area (Å²) in [6.07, 6.45) is 0. The van der Waals surface area contributed by atoms with E-state index in [1.807, 2.05) is 32.0 Å². The Kier molecular flexibility index (Phi) is 5.13. The fourth-order valence-electron chi connectivity index (χ4n) is 1.14. The standard InChI is InChI=1S/C12H15Cl2NO/c1-8(6-13)7-16-12-4-3-10(9(2)15)5-11(12)14/h3-6,9H,7,15H2,1-2H3/b8-6+. The number of halogens is 2. The number of hydrogen-bond donors (Lipinski definition) is 1. The van der Waals surface area contributed by atoms with Crippen LogP contribution in [-0.2, 0) is 0 Å². The smallest absolute Gasteiger partial charge is 0.138 e. The first kappa shape index (κ1) is 13.4. The van der Waals surface area contributed by atoms with Crippen molar-refractivity contribution in [2.45, 2.75) is 19.9 Å². The molecule has 4 heteroatoms. The summed E-state index contributed by atoms with van der Waals surface area (Å²) in [4.78, 5) is 0. The molecule has 0 amide bonds. The van der Waals surface area contributed by atoms with E-state index in [9.17, 15) is 0 Å². The average Bonchev–Trinajstić information content (AvgIpc) is 2.26. The summed E-state index contributed by atoms with van der Waals surface area (Å²) >= 11 is 11.6. The Morgan fingerprint density at radius 1 is 1.56 bits per heavy atom. The summed E-state index contributed by atoms with van der Waals surface area (Å²) in [7, 11) is 0. The van der Waals surface area contributed by atoms with Gasteiger partial charge in [-0.25, -0.2) is 0 Å². The second-order valence-electron chi connectivity index (χ2n) is 3.72. The summed E-state index contributed by atoms with van der Waals surface area (Å²) < 4.78 is 5.50.